The Balaban J connectivity index is 1.92. The molecule has 5 aromatic rings. The van der Waals surface area contributed by atoms with Crippen LogP contribution in [0.2, 0.25) is 0 Å². The van der Waals surface area contributed by atoms with Gasteiger partial charge in [-0.2, -0.15) is 0 Å². The molecule has 0 saturated heterocycles. The van der Waals surface area contributed by atoms with E-state index in [9.17, 15) is 0 Å². The molecule has 0 atom stereocenters. The zero-order chi connectivity index (χ0) is 22.6. The molecule has 0 aliphatic heterocycles. The summed E-state index contributed by atoms with van der Waals surface area (Å²) in [6.07, 6.45) is 0. The van der Waals surface area contributed by atoms with Gasteiger partial charge in [-0.1, -0.05) is 52.0 Å². The number of hydrogen-bond donors (Lipinski definition) is 0. The van der Waals surface area contributed by atoms with Crippen molar-refractivity contribution in [2.45, 2.75) is 39.5 Å². The van der Waals surface area contributed by atoms with Gasteiger partial charge in [0.2, 0.25) is 0 Å². The summed E-state index contributed by atoms with van der Waals surface area (Å²) in [4.78, 5) is 5.21. The van der Waals surface area contributed by atoms with Crippen LogP contribution in [0.25, 0.3) is 44.0 Å². The molecule has 32 heavy (non-hydrogen) atoms. The first-order chi connectivity index (χ1) is 15.4. The zero-order valence-electron chi connectivity index (χ0n) is 19.7. The molecule has 3 heteroatoms. The fourth-order valence-electron chi connectivity index (χ4n) is 4.70. The number of nitrogens with zero attached hydrogens (tertiary/aromatic N) is 2. The van der Waals surface area contributed by atoms with Crippen LogP contribution < -0.4 is 4.74 Å². The molecule has 0 aliphatic rings. The fourth-order valence-corrected chi connectivity index (χ4v) is 4.70. The molecule has 0 unspecified atom stereocenters. The van der Waals surface area contributed by atoms with Crippen LogP contribution in [-0.2, 0) is 7.05 Å². The van der Waals surface area contributed by atoms with Crippen molar-refractivity contribution in [1.29, 1.82) is 0 Å². The lowest BCUT2D eigenvalue weighted by Gasteiger charge is -2.13. The minimum Gasteiger partial charge on any atom is -0.497 e. The van der Waals surface area contributed by atoms with Crippen LogP contribution in [-0.4, -0.2) is 16.7 Å². The average Bonchev–Trinajstić information content (AvgIpc) is 3.16. The molecule has 0 fully saturated rings. The van der Waals surface area contributed by atoms with Gasteiger partial charge < -0.3 is 9.30 Å². The summed E-state index contributed by atoms with van der Waals surface area (Å²) in [7, 11) is 3.83. The van der Waals surface area contributed by atoms with E-state index in [2.05, 4.69) is 87.8 Å². The highest BCUT2D eigenvalue weighted by molar-refractivity contribution is 6.24. The van der Waals surface area contributed by atoms with E-state index in [1.54, 1.807) is 7.11 Å². The molecule has 4 aromatic carbocycles. The van der Waals surface area contributed by atoms with Gasteiger partial charge in [-0.25, -0.2) is 4.98 Å². The number of fused-ring (bicyclic) bond motifs is 6. The van der Waals surface area contributed by atoms with Crippen molar-refractivity contribution in [1.82, 2.24) is 9.55 Å². The third-order valence-corrected chi connectivity index (χ3v) is 6.66. The Morgan fingerprint density at radius 1 is 0.719 bits per heavy atom. The monoisotopic (exact) mass is 422 g/mol. The lowest BCUT2D eigenvalue weighted by atomic mass is 9.92. The van der Waals surface area contributed by atoms with Gasteiger partial charge in [0.25, 0.3) is 0 Å². The van der Waals surface area contributed by atoms with Crippen LogP contribution in [0, 0.1) is 0 Å². The summed E-state index contributed by atoms with van der Waals surface area (Å²) in [5.74, 6) is 2.77. The second-order valence-electron chi connectivity index (χ2n) is 9.34. The number of aromatic nitrogens is 2. The molecule has 3 nitrogen and oxygen atoms in total. The van der Waals surface area contributed by atoms with Crippen LogP contribution >= 0.6 is 0 Å². The average molecular weight is 423 g/mol. The Labute approximate surface area is 189 Å². The molecular weight excluding hydrogens is 392 g/mol. The van der Waals surface area contributed by atoms with Gasteiger partial charge >= 0.3 is 0 Å². The second kappa shape index (κ2) is 7.67. The van der Waals surface area contributed by atoms with Crippen molar-refractivity contribution in [3.8, 4) is 17.1 Å². The molecule has 162 valence electrons. The van der Waals surface area contributed by atoms with E-state index < -0.39 is 0 Å². The van der Waals surface area contributed by atoms with Gasteiger partial charge in [0.15, 0.2) is 0 Å². The molecule has 5 rings (SSSR count). The van der Waals surface area contributed by atoms with E-state index in [0.717, 1.165) is 22.7 Å². The van der Waals surface area contributed by atoms with Crippen molar-refractivity contribution < 1.29 is 4.74 Å². The highest BCUT2D eigenvalue weighted by Crippen LogP contribution is 2.39. The number of hydrogen-bond acceptors (Lipinski definition) is 2. The Kier molecular flexibility index (Phi) is 4.93. The molecule has 0 spiro atoms. The first kappa shape index (κ1) is 20.6. The Morgan fingerprint density at radius 3 is 1.84 bits per heavy atom. The van der Waals surface area contributed by atoms with Crippen molar-refractivity contribution in [2.75, 3.05) is 7.11 Å². The minimum absolute atomic E-state index is 0.471. The summed E-state index contributed by atoms with van der Waals surface area (Å²) in [6, 6.07) is 22.0. The quantitative estimate of drug-likeness (QED) is 0.276. The molecular formula is C29H30N2O. The van der Waals surface area contributed by atoms with Gasteiger partial charge in [-0.05, 0) is 70.1 Å². The molecule has 0 amide bonds. The predicted molar refractivity (Wildman–Crippen MR) is 136 cm³/mol. The Bertz CT molecular complexity index is 1460. The number of aryl methyl sites for hydroxylation is 1. The summed E-state index contributed by atoms with van der Waals surface area (Å²) < 4.78 is 7.61. The van der Waals surface area contributed by atoms with E-state index in [-0.39, 0.29) is 0 Å². The predicted octanol–water partition coefficient (Wildman–Crippen LogP) is 7.80. The highest BCUT2D eigenvalue weighted by Gasteiger charge is 2.18. The Hall–Kier alpha value is -3.33. The highest BCUT2D eigenvalue weighted by atomic mass is 16.5. The molecule has 0 saturated carbocycles. The number of benzene rings is 4. The largest absolute Gasteiger partial charge is 0.497 e. The third-order valence-electron chi connectivity index (χ3n) is 6.66. The number of methoxy groups -OCH3 is 1. The van der Waals surface area contributed by atoms with Gasteiger partial charge in [0, 0.05) is 23.4 Å². The number of ether oxygens (including phenoxy) is 1. The van der Waals surface area contributed by atoms with E-state index >= 15 is 0 Å². The third kappa shape index (κ3) is 3.15. The van der Waals surface area contributed by atoms with Crippen LogP contribution in [0.1, 0.15) is 50.7 Å². The smallest absolute Gasteiger partial charge is 0.140 e. The molecule has 1 heterocycles. The maximum Gasteiger partial charge on any atom is 0.140 e. The van der Waals surface area contributed by atoms with Crippen LogP contribution in [0.15, 0.2) is 60.7 Å². The van der Waals surface area contributed by atoms with E-state index in [1.807, 2.05) is 12.1 Å². The lowest BCUT2D eigenvalue weighted by Crippen LogP contribution is -1.95. The van der Waals surface area contributed by atoms with Crippen LogP contribution in [0.4, 0.5) is 0 Å². The fraction of sp³-hybridized carbons (Fsp3) is 0.276. The molecule has 0 bridgehead atoms. The van der Waals surface area contributed by atoms with Crippen LogP contribution in [0.3, 0.4) is 0 Å². The molecule has 0 N–H and O–H groups in total. The number of imidazole rings is 1. The minimum atomic E-state index is 0.471. The Morgan fingerprint density at radius 2 is 1.28 bits per heavy atom. The normalized spacial score (nSPS) is 12.0. The van der Waals surface area contributed by atoms with E-state index in [4.69, 9.17) is 9.72 Å². The maximum absolute atomic E-state index is 5.35. The van der Waals surface area contributed by atoms with Crippen LogP contribution in [0.5, 0.6) is 5.75 Å². The summed E-state index contributed by atoms with van der Waals surface area (Å²) >= 11 is 0. The van der Waals surface area contributed by atoms with Crippen molar-refractivity contribution in [2.24, 2.45) is 7.05 Å². The zero-order valence-corrected chi connectivity index (χ0v) is 19.7. The van der Waals surface area contributed by atoms with E-state index in [0.29, 0.717) is 11.8 Å². The molecule has 0 radical (unpaired) electrons. The van der Waals surface area contributed by atoms with Crippen molar-refractivity contribution in [3.05, 3.63) is 71.8 Å². The SMILES string of the molecule is COc1ccc(-c2nc3c4cc(C(C)C)ccc4c4ccc(C(C)C)cc4c3n2C)cc1. The van der Waals surface area contributed by atoms with Gasteiger partial charge in [-0.3, -0.25) is 0 Å². The number of rotatable bonds is 4. The first-order valence-electron chi connectivity index (χ1n) is 11.4. The summed E-state index contributed by atoms with van der Waals surface area (Å²) in [5.41, 5.74) is 6.05. The maximum atomic E-state index is 5.35. The van der Waals surface area contributed by atoms with Gasteiger partial charge in [0.05, 0.1) is 18.1 Å². The van der Waals surface area contributed by atoms with E-state index in [1.165, 1.54) is 38.2 Å². The standard InChI is InChI=1S/C29H30N2O/c1-17(2)20-9-13-23-24-14-10-21(18(3)4)16-26(24)28-27(25(23)15-20)30-29(31(28)5)19-7-11-22(32-6)12-8-19/h7-18H,1-6H3. The topological polar surface area (TPSA) is 27.1 Å². The van der Waals surface area contributed by atoms with Gasteiger partial charge in [-0.15, -0.1) is 0 Å². The van der Waals surface area contributed by atoms with Crippen molar-refractivity contribution >= 4 is 32.6 Å². The van der Waals surface area contributed by atoms with Crippen molar-refractivity contribution in [3.63, 3.8) is 0 Å². The summed E-state index contributed by atoms with van der Waals surface area (Å²) in [6.45, 7) is 8.99. The van der Waals surface area contributed by atoms with Gasteiger partial charge in [0.1, 0.15) is 11.6 Å². The second-order valence-corrected chi connectivity index (χ2v) is 9.34. The molecule has 0 aliphatic carbocycles. The molecule has 1 aromatic heterocycles. The summed E-state index contributed by atoms with van der Waals surface area (Å²) in [5, 5.41) is 5.06. The lowest BCUT2D eigenvalue weighted by molar-refractivity contribution is 0.415. The first-order valence-corrected chi connectivity index (χ1v) is 11.4.